The van der Waals surface area contributed by atoms with Crippen LogP contribution in [-0.2, 0) is 14.6 Å². The summed E-state index contributed by atoms with van der Waals surface area (Å²) in [5, 5.41) is 0. The van der Waals surface area contributed by atoms with E-state index >= 15 is 0 Å². The molecule has 1 aromatic carbocycles. The number of rotatable bonds is 4. The summed E-state index contributed by atoms with van der Waals surface area (Å²) in [6.45, 7) is 3.30. The van der Waals surface area contributed by atoms with Crippen LogP contribution in [0.15, 0.2) is 24.3 Å². The van der Waals surface area contributed by atoms with Gasteiger partial charge in [-0.2, -0.15) is 0 Å². The lowest BCUT2D eigenvalue weighted by Gasteiger charge is -2.36. The molecule has 0 N–H and O–H groups in total. The fourth-order valence-electron chi connectivity index (χ4n) is 3.95. The molecule has 3 rings (SSSR count). The van der Waals surface area contributed by atoms with E-state index in [-0.39, 0.29) is 41.1 Å². The first-order valence-corrected chi connectivity index (χ1v) is 11.2. The zero-order chi connectivity index (χ0) is 19.6. The first kappa shape index (κ1) is 19.8. The van der Waals surface area contributed by atoms with Crippen LogP contribution in [0.5, 0.6) is 0 Å². The van der Waals surface area contributed by atoms with Crippen molar-refractivity contribution < 1.29 is 22.4 Å². The summed E-state index contributed by atoms with van der Waals surface area (Å²) in [6, 6.07) is 5.23. The van der Waals surface area contributed by atoms with Gasteiger partial charge < -0.3 is 9.80 Å². The van der Waals surface area contributed by atoms with Gasteiger partial charge in [-0.3, -0.25) is 9.59 Å². The summed E-state index contributed by atoms with van der Waals surface area (Å²) in [4.78, 5) is 28.8. The Morgan fingerprint density at radius 1 is 1.15 bits per heavy atom. The van der Waals surface area contributed by atoms with Crippen molar-refractivity contribution in [1.29, 1.82) is 0 Å². The highest BCUT2D eigenvalue weighted by Gasteiger charge is 2.37. The van der Waals surface area contributed by atoms with E-state index in [2.05, 4.69) is 0 Å². The van der Waals surface area contributed by atoms with Gasteiger partial charge in [0.1, 0.15) is 5.82 Å². The Hall–Kier alpha value is -1.96. The normalized spacial score (nSPS) is 22.6. The summed E-state index contributed by atoms with van der Waals surface area (Å²) in [5.41, 5.74) is 0.438. The zero-order valence-electron chi connectivity index (χ0n) is 15.4. The highest BCUT2D eigenvalue weighted by atomic mass is 32.2. The van der Waals surface area contributed by atoms with E-state index in [1.54, 1.807) is 9.80 Å². The van der Waals surface area contributed by atoms with E-state index in [1.807, 2.05) is 6.92 Å². The van der Waals surface area contributed by atoms with E-state index in [1.165, 1.54) is 24.3 Å². The molecule has 0 unspecified atom stereocenters. The number of halogens is 1. The zero-order valence-corrected chi connectivity index (χ0v) is 16.3. The van der Waals surface area contributed by atoms with Crippen LogP contribution < -0.4 is 0 Å². The molecule has 1 aromatic rings. The third-order valence-electron chi connectivity index (χ3n) is 5.50. The van der Waals surface area contributed by atoms with Crippen LogP contribution in [0.25, 0.3) is 0 Å². The largest absolute Gasteiger partial charge is 0.339 e. The molecule has 2 heterocycles. The van der Waals surface area contributed by atoms with Gasteiger partial charge in [-0.1, -0.05) is 0 Å². The molecule has 2 saturated heterocycles. The van der Waals surface area contributed by atoms with Crippen molar-refractivity contribution in [1.82, 2.24) is 9.80 Å². The van der Waals surface area contributed by atoms with Crippen LogP contribution in [0.1, 0.15) is 36.5 Å². The molecule has 0 radical (unpaired) electrons. The molecule has 1 atom stereocenters. The number of carbonyl (C=O) groups excluding carboxylic acids is 2. The monoisotopic (exact) mass is 396 g/mol. The number of benzene rings is 1. The lowest BCUT2D eigenvalue weighted by Crippen LogP contribution is -2.48. The fraction of sp³-hybridized carbons (Fsp3) is 0.579. The first-order chi connectivity index (χ1) is 12.8. The molecule has 0 aromatic heterocycles. The van der Waals surface area contributed by atoms with E-state index < -0.39 is 9.84 Å². The summed E-state index contributed by atoms with van der Waals surface area (Å²) < 4.78 is 36.5. The number of carbonyl (C=O) groups is 2. The van der Waals surface area contributed by atoms with E-state index in [4.69, 9.17) is 0 Å². The molecule has 8 heteroatoms. The molecule has 2 fully saturated rings. The van der Waals surface area contributed by atoms with Crippen LogP contribution in [0.2, 0.25) is 0 Å². The van der Waals surface area contributed by atoms with Gasteiger partial charge in [0.05, 0.1) is 11.5 Å². The summed E-state index contributed by atoms with van der Waals surface area (Å²) in [6.07, 6.45) is 1.62. The molecule has 2 aliphatic heterocycles. The summed E-state index contributed by atoms with van der Waals surface area (Å²) >= 11 is 0. The predicted molar refractivity (Wildman–Crippen MR) is 99.5 cm³/mol. The summed E-state index contributed by atoms with van der Waals surface area (Å²) in [7, 11) is -3.04. The fourth-order valence-corrected chi connectivity index (χ4v) is 5.68. The second kappa shape index (κ2) is 7.96. The average Bonchev–Trinajstić information content (AvgIpc) is 3.02. The molecular weight excluding hydrogens is 371 g/mol. The summed E-state index contributed by atoms with van der Waals surface area (Å²) in [5.74, 6) is -0.542. The number of hydrogen-bond donors (Lipinski definition) is 0. The average molecular weight is 396 g/mol. The molecule has 148 valence electrons. The molecule has 2 aliphatic rings. The Kier molecular flexibility index (Phi) is 5.83. The topological polar surface area (TPSA) is 74.8 Å². The standard InChI is InChI=1S/C19H25FN2O4S/c1-2-22(17-9-12-27(25,26)13-17)19(24)15-7-10-21(11-8-15)18(23)14-3-5-16(20)6-4-14/h3-6,15,17H,2,7-13H2,1H3/t17-/m0/s1. The number of piperidine rings is 1. The maximum atomic E-state index is 13.0. The minimum absolute atomic E-state index is 0.00604. The van der Waals surface area contributed by atoms with Gasteiger partial charge in [-0.15, -0.1) is 0 Å². The lowest BCUT2D eigenvalue weighted by molar-refractivity contribution is -0.138. The predicted octanol–water partition coefficient (Wildman–Crippen LogP) is 1.71. The molecule has 0 aliphatic carbocycles. The van der Waals surface area contributed by atoms with Crippen LogP contribution in [0.3, 0.4) is 0 Å². The van der Waals surface area contributed by atoms with Gasteiger partial charge in [0, 0.05) is 37.2 Å². The lowest BCUT2D eigenvalue weighted by atomic mass is 9.94. The minimum atomic E-state index is -3.04. The maximum absolute atomic E-state index is 13.0. The SMILES string of the molecule is CCN(C(=O)C1CCN(C(=O)c2ccc(F)cc2)CC1)[C@H]1CCS(=O)(=O)C1. The number of nitrogens with zero attached hydrogens (tertiary/aromatic N) is 2. The van der Waals surface area contributed by atoms with Crippen molar-refractivity contribution in [2.24, 2.45) is 5.92 Å². The Bertz CT molecular complexity index is 802. The quantitative estimate of drug-likeness (QED) is 0.777. The number of amides is 2. The molecule has 6 nitrogen and oxygen atoms in total. The van der Waals surface area contributed by atoms with Crippen LogP contribution in [0.4, 0.5) is 4.39 Å². The van der Waals surface area contributed by atoms with Crippen molar-refractivity contribution in [3.05, 3.63) is 35.6 Å². The third-order valence-corrected chi connectivity index (χ3v) is 7.25. The number of likely N-dealkylation sites (tertiary alicyclic amines) is 1. The van der Waals surface area contributed by atoms with Crippen molar-refractivity contribution in [3.63, 3.8) is 0 Å². The smallest absolute Gasteiger partial charge is 0.253 e. The van der Waals surface area contributed by atoms with Crippen molar-refractivity contribution in [2.75, 3.05) is 31.1 Å². The van der Waals surface area contributed by atoms with Gasteiger partial charge in [-0.25, -0.2) is 12.8 Å². The van der Waals surface area contributed by atoms with Gasteiger partial charge in [0.25, 0.3) is 5.91 Å². The number of sulfone groups is 1. The van der Waals surface area contributed by atoms with Crippen LogP contribution >= 0.6 is 0 Å². The van der Waals surface area contributed by atoms with Gasteiger partial charge in [-0.05, 0) is 50.5 Å². The van der Waals surface area contributed by atoms with Gasteiger partial charge in [0.2, 0.25) is 5.91 Å². The molecule has 2 amide bonds. The molecule has 0 saturated carbocycles. The molecule has 0 spiro atoms. The molecule has 0 bridgehead atoms. The third kappa shape index (κ3) is 4.48. The van der Waals surface area contributed by atoms with Crippen molar-refractivity contribution >= 4 is 21.7 Å². The van der Waals surface area contributed by atoms with Crippen molar-refractivity contribution in [2.45, 2.75) is 32.2 Å². The van der Waals surface area contributed by atoms with Crippen LogP contribution in [-0.4, -0.2) is 67.2 Å². The second-order valence-corrected chi connectivity index (χ2v) is 9.48. The minimum Gasteiger partial charge on any atom is -0.339 e. The number of hydrogen-bond acceptors (Lipinski definition) is 4. The Balaban J connectivity index is 1.58. The van der Waals surface area contributed by atoms with Crippen LogP contribution in [0, 0.1) is 11.7 Å². The highest BCUT2D eigenvalue weighted by molar-refractivity contribution is 7.91. The van der Waals surface area contributed by atoms with E-state index in [9.17, 15) is 22.4 Å². The van der Waals surface area contributed by atoms with Crippen molar-refractivity contribution in [3.8, 4) is 0 Å². The molecule has 27 heavy (non-hydrogen) atoms. The first-order valence-electron chi connectivity index (χ1n) is 9.36. The van der Waals surface area contributed by atoms with E-state index in [0.29, 0.717) is 44.5 Å². The second-order valence-electron chi connectivity index (χ2n) is 7.25. The highest BCUT2D eigenvalue weighted by Crippen LogP contribution is 2.25. The Labute approximate surface area is 159 Å². The Morgan fingerprint density at radius 2 is 1.78 bits per heavy atom. The van der Waals surface area contributed by atoms with Gasteiger partial charge >= 0.3 is 0 Å². The maximum Gasteiger partial charge on any atom is 0.253 e. The molecular formula is C19H25FN2O4S. The Morgan fingerprint density at radius 3 is 2.30 bits per heavy atom. The van der Waals surface area contributed by atoms with Gasteiger partial charge in [0.15, 0.2) is 9.84 Å². The van der Waals surface area contributed by atoms with E-state index in [0.717, 1.165) is 0 Å².